The van der Waals surface area contributed by atoms with Crippen molar-refractivity contribution in [2.45, 2.75) is 96.4 Å². The Hall–Kier alpha value is -2.00. The van der Waals surface area contributed by atoms with Gasteiger partial charge in [0.05, 0.1) is 29.4 Å². The highest BCUT2D eigenvalue weighted by Gasteiger charge is 2.69. The van der Waals surface area contributed by atoms with E-state index in [4.69, 9.17) is 9.47 Å². The third-order valence-corrected chi connectivity index (χ3v) is 6.79. The Morgan fingerprint density at radius 3 is 2.45 bits per heavy atom. The third-order valence-electron chi connectivity index (χ3n) is 6.79. The molecule has 2 fully saturated rings. The van der Waals surface area contributed by atoms with Gasteiger partial charge >= 0.3 is 0 Å². The molecule has 0 aromatic heterocycles. The van der Waals surface area contributed by atoms with Gasteiger partial charge in [0, 0.05) is 12.3 Å². The van der Waals surface area contributed by atoms with Gasteiger partial charge in [0.25, 0.3) is 0 Å². The van der Waals surface area contributed by atoms with E-state index in [-0.39, 0.29) is 35.3 Å². The fourth-order valence-corrected chi connectivity index (χ4v) is 5.06. The van der Waals surface area contributed by atoms with Crippen molar-refractivity contribution in [2.75, 3.05) is 0 Å². The molecule has 1 unspecified atom stereocenters. The molecule has 2 aliphatic rings. The number of ether oxygens (including phenoxy) is 2. The van der Waals surface area contributed by atoms with Gasteiger partial charge in [0.15, 0.2) is 24.0 Å². The van der Waals surface area contributed by atoms with Crippen LogP contribution in [0, 0.1) is 11.8 Å². The number of aromatic hydroxyl groups is 2. The van der Waals surface area contributed by atoms with Gasteiger partial charge in [-0.05, 0) is 36.8 Å². The number of aliphatic hydroxyl groups excluding tert-OH is 2. The molecule has 0 aliphatic carbocycles. The van der Waals surface area contributed by atoms with Gasteiger partial charge in [-0.25, -0.2) is 0 Å². The molecule has 1 spiro atoms. The normalized spacial score (nSPS) is 29.9. The van der Waals surface area contributed by atoms with Gasteiger partial charge in [-0.2, -0.15) is 0 Å². The van der Waals surface area contributed by atoms with Crippen LogP contribution in [0.4, 0.5) is 0 Å². The van der Waals surface area contributed by atoms with Crippen LogP contribution in [-0.2, 0) is 15.9 Å². The van der Waals surface area contributed by atoms with E-state index >= 15 is 0 Å². The number of epoxide rings is 1. The first-order chi connectivity index (χ1) is 15.6. The van der Waals surface area contributed by atoms with E-state index in [1.54, 1.807) is 0 Å². The van der Waals surface area contributed by atoms with Crippen LogP contribution < -0.4 is 0 Å². The lowest BCUT2D eigenvalue weighted by atomic mass is 9.80. The summed E-state index contributed by atoms with van der Waals surface area (Å²) in [6, 6.07) is 1.43. The smallest absolute Gasteiger partial charge is 0.189 e. The summed E-state index contributed by atoms with van der Waals surface area (Å²) in [6.07, 6.45) is -0.0366. The second-order valence-corrected chi connectivity index (χ2v) is 9.70. The van der Waals surface area contributed by atoms with Crippen LogP contribution in [0.5, 0.6) is 11.5 Å². The van der Waals surface area contributed by atoms with E-state index in [1.165, 1.54) is 6.07 Å². The molecule has 33 heavy (non-hydrogen) atoms. The Labute approximate surface area is 194 Å². The van der Waals surface area contributed by atoms with Crippen LogP contribution in [0.25, 0.3) is 0 Å². The number of carbonyl (C=O) groups excluding carboxylic acids is 2. The number of hydrogen-bond donors (Lipinski definition) is 4. The summed E-state index contributed by atoms with van der Waals surface area (Å²) < 4.78 is 11.5. The molecule has 8 nitrogen and oxygen atoms in total. The van der Waals surface area contributed by atoms with Crippen LogP contribution in [0.3, 0.4) is 0 Å². The molecule has 0 radical (unpaired) electrons. The molecule has 2 heterocycles. The lowest BCUT2D eigenvalue weighted by Crippen LogP contribution is -2.55. The number of benzene rings is 1. The van der Waals surface area contributed by atoms with E-state index in [2.05, 4.69) is 0 Å². The first kappa shape index (κ1) is 25.6. The van der Waals surface area contributed by atoms with Crippen molar-refractivity contribution in [3.63, 3.8) is 0 Å². The van der Waals surface area contributed by atoms with Crippen LogP contribution in [0.1, 0.15) is 86.1 Å². The third kappa shape index (κ3) is 4.67. The summed E-state index contributed by atoms with van der Waals surface area (Å²) in [7, 11) is 0. The first-order valence-electron chi connectivity index (χ1n) is 11.9. The maximum absolute atomic E-state index is 13.6. The van der Waals surface area contributed by atoms with Gasteiger partial charge in [-0.3, -0.25) is 9.59 Å². The Balaban J connectivity index is 1.92. The van der Waals surface area contributed by atoms with Crippen molar-refractivity contribution in [2.24, 2.45) is 11.8 Å². The Kier molecular flexibility index (Phi) is 7.84. The van der Waals surface area contributed by atoms with Crippen LogP contribution in [0.15, 0.2) is 6.07 Å². The maximum Gasteiger partial charge on any atom is 0.189 e. The van der Waals surface area contributed by atoms with Crippen molar-refractivity contribution >= 4 is 12.1 Å². The fourth-order valence-electron chi connectivity index (χ4n) is 5.06. The van der Waals surface area contributed by atoms with Crippen LogP contribution in [0.2, 0.25) is 0 Å². The molecule has 0 bridgehead atoms. The molecule has 2 saturated heterocycles. The van der Waals surface area contributed by atoms with Gasteiger partial charge in [-0.1, -0.05) is 40.5 Å². The van der Waals surface area contributed by atoms with Gasteiger partial charge in [0.2, 0.25) is 0 Å². The average molecular weight is 465 g/mol. The molecule has 6 atom stereocenters. The number of ketones is 1. The van der Waals surface area contributed by atoms with Crippen molar-refractivity contribution in [3.8, 4) is 11.5 Å². The Bertz CT molecular complexity index is 868. The predicted molar refractivity (Wildman–Crippen MR) is 120 cm³/mol. The zero-order valence-corrected chi connectivity index (χ0v) is 19.8. The Morgan fingerprint density at radius 1 is 1.21 bits per heavy atom. The standard InChI is InChI=1S/C25H36O8/c1-5-7-15(18-11-19(27)25(24(31)32-18)20(33-25)8-6-2)22(29)16-10-14(9-13(3)4)21(28)17(12-26)23(16)30/h10,12-13,15,18-20,24,27-28,30-31H,5-9,11H2,1-4H3/t15?,18-,19-,20+,24-,25+/m1/s1. The number of aliphatic hydroxyl groups is 2. The zero-order valence-electron chi connectivity index (χ0n) is 19.8. The molecule has 0 amide bonds. The predicted octanol–water partition coefficient (Wildman–Crippen LogP) is 3.11. The second-order valence-electron chi connectivity index (χ2n) is 9.70. The molecule has 4 N–H and O–H groups in total. The number of aldehydes is 1. The minimum atomic E-state index is -1.37. The van der Waals surface area contributed by atoms with E-state index in [1.807, 2.05) is 27.7 Å². The summed E-state index contributed by atoms with van der Waals surface area (Å²) >= 11 is 0. The molecule has 8 heteroatoms. The minimum absolute atomic E-state index is 0.0663. The van der Waals surface area contributed by atoms with Gasteiger partial charge in [0.1, 0.15) is 11.5 Å². The monoisotopic (exact) mass is 464 g/mol. The molecule has 0 saturated carbocycles. The van der Waals surface area contributed by atoms with Crippen LogP contribution in [-0.4, -0.2) is 62.7 Å². The fraction of sp³-hybridized carbons (Fsp3) is 0.680. The highest BCUT2D eigenvalue weighted by Crippen LogP contribution is 2.51. The number of rotatable bonds is 10. The van der Waals surface area contributed by atoms with Crippen molar-refractivity contribution in [1.82, 2.24) is 0 Å². The van der Waals surface area contributed by atoms with Gasteiger partial charge < -0.3 is 29.9 Å². The molecule has 3 rings (SSSR count). The molecule has 1 aromatic rings. The van der Waals surface area contributed by atoms with E-state index in [0.29, 0.717) is 37.5 Å². The summed E-state index contributed by atoms with van der Waals surface area (Å²) in [6.45, 7) is 7.77. The largest absolute Gasteiger partial charge is 0.507 e. The maximum atomic E-state index is 13.6. The molecular weight excluding hydrogens is 428 g/mol. The topological polar surface area (TPSA) is 137 Å². The highest BCUT2D eigenvalue weighted by atomic mass is 16.7. The number of hydrogen-bond acceptors (Lipinski definition) is 8. The van der Waals surface area contributed by atoms with Crippen molar-refractivity contribution < 1.29 is 39.5 Å². The average Bonchev–Trinajstić information content (AvgIpc) is 3.47. The summed E-state index contributed by atoms with van der Waals surface area (Å²) in [4.78, 5) is 25.2. The summed E-state index contributed by atoms with van der Waals surface area (Å²) in [5.74, 6) is -1.96. The zero-order chi connectivity index (χ0) is 24.5. The van der Waals surface area contributed by atoms with E-state index < -0.39 is 41.5 Å². The number of Topliss-reactive ketones (excluding diaryl/α,β-unsaturated/α-hetero) is 1. The first-order valence-corrected chi connectivity index (χ1v) is 11.9. The van der Waals surface area contributed by atoms with Gasteiger partial charge in [-0.15, -0.1) is 0 Å². The molecule has 2 aliphatic heterocycles. The molecule has 184 valence electrons. The lowest BCUT2D eigenvalue weighted by molar-refractivity contribution is -0.239. The SMILES string of the molecule is CCCC(C(=O)c1cc(CC(C)C)c(O)c(C=O)c1O)[C@H]1C[C@@H](O)[C@@]2(O[C@H]2CCC)[C@H](O)O1. The van der Waals surface area contributed by atoms with E-state index in [9.17, 15) is 30.0 Å². The second kappa shape index (κ2) is 10.1. The molecular formula is C25H36O8. The van der Waals surface area contributed by atoms with E-state index in [0.717, 1.165) is 6.42 Å². The summed E-state index contributed by atoms with van der Waals surface area (Å²) in [5.41, 5.74) is -1.13. The number of phenols is 2. The lowest BCUT2D eigenvalue weighted by Gasteiger charge is -2.39. The summed E-state index contributed by atoms with van der Waals surface area (Å²) in [5, 5.41) is 42.5. The van der Waals surface area contributed by atoms with Crippen molar-refractivity contribution in [3.05, 3.63) is 22.8 Å². The highest BCUT2D eigenvalue weighted by molar-refractivity contribution is 6.04. The molecule has 1 aromatic carbocycles. The van der Waals surface area contributed by atoms with Crippen molar-refractivity contribution in [1.29, 1.82) is 0 Å². The quantitative estimate of drug-likeness (QED) is 0.235. The number of carbonyl (C=O) groups is 2. The minimum Gasteiger partial charge on any atom is -0.507 e. The van der Waals surface area contributed by atoms with Crippen LogP contribution >= 0.6 is 0 Å². The number of phenolic OH excluding ortho intramolecular Hbond substituents is 2. The Morgan fingerprint density at radius 2 is 1.91 bits per heavy atom.